The molecule has 0 aromatic rings. The first-order chi connectivity index (χ1) is 21.6. The molecule has 0 atom stereocenters. The molecule has 44 heavy (non-hydrogen) atoms. The van der Waals surface area contributed by atoms with Crippen molar-refractivity contribution in [1.82, 2.24) is 10.3 Å². The number of nitrogens with one attached hydrogen (secondary N) is 1. The highest BCUT2D eigenvalue weighted by molar-refractivity contribution is 5.86. The highest BCUT2D eigenvalue weighted by Crippen LogP contribution is 2.14. The Morgan fingerprint density at radius 3 is 1.52 bits per heavy atom. The minimum atomic E-state index is 0.0267. The number of carbonyl (C=O) groups is 1. The van der Waals surface area contributed by atoms with Crippen molar-refractivity contribution >= 4 is 11.6 Å². The van der Waals surface area contributed by atoms with Crippen LogP contribution in [0, 0.1) is 0 Å². The summed E-state index contributed by atoms with van der Waals surface area (Å²) in [5.41, 5.74) is 4.03. The largest absolute Gasteiger partial charge is 0.309 e. The lowest BCUT2D eigenvalue weighted by atomic mass is 10.0. The average Bonchev–Trinajstić information content (AvgIpc) is 3.02. The summed E-state index contributed by atoms with van der Waals surface area (Å²) in [6.07, 6.45) is 48.7. The first-order valence-corrected chi connectivity index (χ1v) is 18.7. The molecule has 0 saturated heterocycles. The number of nitrogens with zero attached hydrogens (tertiary/aromatic N) is 2. The van der Waals surface area contributed by atoms with Gasteiger partial charge in [-0.05, 0) is 91.1 Å². The molecule has 0 aliphatic rings. The van der Waals surface area contributed by atoms with E-state index in [1.54, 1.807) is 0 Å². The number of hydrogen-bond acceptors (Lipinski definition) is 3. The van der Waals surface area contributed by atoms with E-state index in [4.69, 9.17) is 0 Å². The number of rotatable bonds is 32. The van der Waals surface area contributed by atoms with E-state index < -0.39 is 0 Å². The fourth-order valence-electron chi connectivity index (χ4n) is 5.05. The van der Waals surface area contributed by atoms with E-state index in [0.29, 0.717) is 6.42 Å². The van der Waals surface area contributed by atoms with Crippen LogP contribution in [-0.2, 0) is 4.79 Å². The van der Waals surface area contributed by atoms with Crippen molar-refractivity contribution < 1.29 is 4.79 Å². The van der Waals surface area contributed by atoms with Crippen LogP contribution < -0.4 is 5.43 Å². The summed E-state index contributed by atoms with van der Waals surface area (Å²) in [7, 11) is 3.99. The molecule has 254 valence electrons. The molecule has 4 nitrogen and oxygen atoms in total. The van der Waals surface area contributed by atoms with Gasteiger partial charge in [-0.3, -0.25) is 4.79 Å². The Kier molecular flexibility index (Phi) is 34.0. The van der Waals surface area contributed by atoms with Crippen LogP contribution in [0.2, 0.25) is 0 Å². The predicted molar refractivity (Wildman–Crippen MR) is 197 cm³/mol. The molecule has 0 spiro atoms. The molecule has 0 aromatic carbocycles. The summed E-state index contributed by atoms with van der Waals surface area (Å²) in [5.74, 6) is 0.0267. The first kappa shape index (κ1) is 42.1. The van der Waals surface area contributed by atoms with E-state index in [1.807, 2.05) is 19.0 Å². The van der Waals surface area contributed by atoms with Gasteiger partial charge in [-0.1, -0.05) is 140 Å². The van der Waals surface area contributed by atoms with Crippen LogP contribution in [-0.4, -0.2) is 37.2 Å². The molecule has 0 aliphatic carbocycles. The quantitative estimate of drug-likeness (QED) is 0.0270. The van der Waals surface area contributed by atoms with E-state index in [-0.39, 0.29) is 5.91 Å². The van der Waals surface area contributed by atoms with Gasteiger partial charge in [-0.15, -0.1) is 0 Å². The molecule has 1 N–H and O–H groups in total. The fourth-order valence-corrected chi connectivity index (χ4v) is 5.05. The Balaban J connectivity index is 4.09. The number of allylic oxidation sites excluding steroid dienone is 8. The highest BCUT2D eigenvalue weighted by atomic mass is 16.2. The minimum Gasteiger partial charge on any atom is -0.309 e. The number of amides is 1. The van der Waals surface area contributed by atoms with Crippen LogP contribution in [0.25, 0.3) is 0 Å². The van der Waals surface area contributed by atoms with Gasteiger partial charge in [0.1, 0.15) is 0 Å². The Bertz CT molecular complexity index is 763. The van der Waals surface area contributed by atoms with Gasteiger partial charge in [0.25, 0.3) is 0 Å². The summed E-state index contributed by atoms with van der Waals surface area (Å²) < 4.78 is 0. The summed E-state index contributed by atoms with van der Waals surface area (Å²) in [6.45, 7) is 5.26. The maximum atomic E-state index is 12.2. The predicted octanol–water partition coefficient (Wildman–Crippen LogP) is 12.0. The fraction of sp³-hybridized carbons (Fsp3) is 0.750. The number of hydrogen-bond donors (Lipinski definition) is 1. The highest BCUT2D eigenvalue weighted by Gasteiger charge is 2.05. The lowest BCUT2D eigenvalue weighted by Gasteiger charge is -2.10. The third kappa shape index (κ3) is 34.5. The molecule has 0 rings (SSSR count). The Morgan fingerprint density at radius 2 is 1.00 bits per heavy atom. The SMILES string of the molecule is CCCC/C=C/C/C=C\CCCCCCCC/C(CCCCCCCC/C=C\C=C\CCCCC)=N\NC(=O)CCN(C)C. The molecule has 0 saturated carbocycles. The molecule has 0 fully saturated rings. The van der Waals surface area contributed by atoms with Gasteiger partial charge >= 0.3 is 0 Å². The summed E-state index contributed by atoms with van der Waals surface area (Å²) in [5, 5.41) is 4.58. The van der Waals surface area contributed by atoms with E-state index >= 15 is 0 Å². The molecule has 0 aromatic heterocycles. The third-order valence-electron chi connectivity index (χ3n) is 7.98. The Morgan fingerprint density at radius 1 is 0.545 bits per heavy atom. The lowest BCUT2D eigenvalue weighted by Crippen LogP contribution is -2.24. The standard InChI is InChI=1S/C40H73N3O/c1-5-7-9-11-13-15-17-19-21-23-25-27-29-31-33-35-39(41-42-40(44)37-38-43(3)4)36-34-32-30-28-26-24-22-20-18-16-14-12-10-8-6-2/h11,13-14,16-20H,5-10,12,15,21-38H2,1-4H3,(H,42,44)/b13-11+,16-14+,19-17-,20-18-,41-39+. The van der Waals surface area contributed by atoms with Crippen LogP contribution >= 0.6 is 0 Å². The van der Waals surface area contributed by atoms with E-state index in [2.05, 4.69) is 73.0 Å². The monoisotopic (exact) mass is 612 g/mol. The van der Waals surface area contributed by atoms with Crippen molar-refractivity contribution in [2.45, 2.75) is 174 Å². The zero-order valence-electron chi connectivity index (χ0n) is 29.8. The van der Waals surface area contributed by atoms with Gasteiger partial charge in [0.15, 0.2) is 0 Å². The Hall–Kier alpha value is -1.94. The van der Waals surface area contributed by atoms with E-state index in [9.17, 15) is 4.79 Å². The van der Waals surface area contributed by atoms with Crippen LogP contribution in [0.15, 0.2) is 53.7 Å². The molecule has 0 aliphatic heterocycles. The zero-order chi connectivity index (χ0) is 32.2. The molecule has 1 amide bonds. The topological polar surface area (TPSA) is 44.7 Å². The number of hydrazone groups is 1. The summed E-state index contributed by atoms with van der Waals surface area (Å²) >= 11 is 0. The average molecular weight is 612 g/mol. The second kappa shape index (κ2) is 35.5. The molecule has 0 radical (unpaired) electrons. The third-order valence-corrected chi connectivity index (χ3v) is 7.98. The number of carbonyl (C=O) groups excluding carboxylic acids is 1. The smallest absolute Gasteiger partial charge is 0.241 e. The van der Waals surface area contributed by atoms with Gasteiger partial charge in [0, 0.05) is 18.7 Å². The van der Waals surface area contributed by atoms with Crippen molar-refractivity contribution in [3.05, 3.63) is 48.6 Å². The van der Waals surface area contributed by atoms with E-state index in [0.717, 1.165) is 25.8 Å². The lowest BCUT2D eigenvalue weighted by molar-refractivity contribution is -0.121. The van der Waals surface area contributed by atoms with E-state index in [1.165, 1.54) is 141 Å². The van der Waals surface area contributed by atoms with Crippen molar-refractivity contribution in [3.8, 4) is 0 Å². The molecular formula is C40H73N3O. The summed E-state index contributed by atoms with van der Waals surface area (Å²) in [6, 6.07) is 0. The molecule has 0 heterocycles. The van der Waals surface area contributed by atoms with Crippen molar-refractivity contribution in [3.63, 3.8) is 0 Å². The molecule has 4 heteroatoms. The molecule has 0 bridgehead atoms. The van der Waals surface area contributed by atoms with Crippen LogP contribution in [0.5, 0.6) is 0 Å². The van der Waals surface area contributed by atoms with Crippen LogP contribution in [0.1, 0.15) is 174 Å². The first-order valence-electron chi connectivity index (χ1n) is 18.7. The van der Waals surface area contributed by atoms with Gasteiger partial charge in [0.2, 0.25) is 5.91 Å². The van der Waals surface area contributed by atoms with Gasteiger partial charge in [0.05, 0.1) is 0 Å². The van der Waals surface area contributed by atoms with Crippen LogP contribution in [0.4, 0.5) is 0 Å². The van der Waals surface area contributed by atoms with Crippen molar-refractivity contribution in [1.29, 1.82) is 0 Å². The Labute approximate surface area is 275 Å². The molecular weight excluding hydrogens is 538 g/mol. The van der Waals surface area contributed by atoms with Crippen molar-refractivity contribution in [2.24, 2.45) is 5.10 Å². The normalized spacial score (nSPS) is 12.7. The van der Waals surface area contributed by atoms with Gasteiger partial charge < -0.3 is 4.90 Å². The molecule has 0 unspecified atom stereocenters. The maximum Gasteiger partial charge on any atom is 0.241 e. The second-order valence-corrected chi connectivity index (χ2v) is 12.8. The summed E-state index contributed by atoms with van der Waals surface area (Å²) in [4.78, 5) is 14.3. The number of unbranched alkanes of at least 4 members (excludes halogenated alkanes) is 17. The van der Waals surface area contributed by atoms with Gasteiger partial charge in [-0.2, -0.15) is 5.10 Å². The zero-order valence-corrected chi connectivity index (χ0v) is 29.8. The maximum absolute atomic E-state index is 12.2. The minimum absolute atomic E-state index is 0.0267. The van der Waals surface area contributed by atoms with Crippen LogP contribution in [0.3, 0.4) is 0 Å². The van der Waals surface area contributed by atoms with Crippen molar-refractivity contribution in [2.75, 3.05) is 20.6 Å². The second-order valence-electron chi connectivity index (χ2n) is 12.8. The van der Waals surface area contributed by atoms with Gasteiger partial charge in [-0.25, -0.2) is 5.43 Å².